The average molecular weight is 237 g/mol. The number of hydrogen-bond donors (Lipinski definition) is 1. The highest BCUT2D eigenvalue weighted by molar-refractivity contribution is 7.10. The molecule has 0 radical (unpaired) electrons. The van der Waals surface area contributed by atoms with Crippen molar-refractivity contribution in [1.82, 2.24) is 0 Å². The first-order chi connectivity index (χ1) is 7.31. The summed E-state index contributed by atoms with van der Waals surface area (Å²) in [6, 6.07) is 4.32. The van der Waals surface area contributed by atoms with Crippen LogP contribution in [-0.4, -0.2) is 0 Å². The Bertz CT molecular complexity index is 415. The van der Waals surface area contributed by atoms with Crippen LogP contribution in [0.25, 0.3) is 0 Å². The lowest BCUT2D eigenvalue weighted by Crippen LogP contribution is -1.99. The Labute approximate surface area is 98.6 Å². The molecule has 0 atom stereocenters. The zero-order valence-electron chi connectivity index (χ0n) is 8.82. The van der Waals surface area contributed by atoms with E-state index in [1.165, 1.54) is 20.9 Å². The maximum atomic E-state index is 5.73. The molecule has 0 bridgehead atoms. The largest absolute Gasteiger partial charge is 0.326 e. The molecule has 0 amide bonds. The van der Waals surface area contributed by atoms with Crippen LogP contribution in [0.4, 0.5) is 0 Å². The molecule has 0 unspecified atom stereocenters. The Morgan fingerprint density at radius 3 is 2.80 bits per heavy atom. The molecule has 2 heterocycles. The lowest BCUT2D eigenvalue weighted by Gasteiger charge is -2.02. The van der Waals surface area contributed by atoms with Gasteiger partial charge >= 0.3 is 0 Å². The zero-order chi connectivity index (χ0) is 10.7. The fraction of sp³-hybridized carbons (Fsp3) is 0.333. The van der Waals surface area contributed by atoms with E-state index in [4.69, 9.17) is 5.73 Å². The second-order valence-electron chi connectivity index (χ2n) is 3.60. The van der Waals surface area contributed by atoms with Crippen LogP contribution in [0, 0.1) is 6.92 Å². The molecule has 0 aliphatic carbocycles. The molecule has 0 aliphatic rings. The lowest BCUT2D eigenvalue weighted by molar-refractivity contribution is 0.943. The zero-order valence-corrected chi connectivity index (χ0v) is 10.5. The number of nitrogens with two attached hydrogens (primary N) is 1. The summed E-state index contributed by atoms with van der Waals surface area (Å²) in [4.78, 5) is 2.81. The van der Waals surface area contributed by atoms with E-state index in [1.807, 2.05) is 11.3 Å². The van der Waals surface area contributed by atoms with Crippen LogP contribution >= 0.6 is 22.7 Å². The van der Waals surface area contributed by atoms with E-state index in [0.717, 1.165) is 12.8 Å². The summed E-state index contributed by atoms with van der Waals surface area (Å²) in [6.45, 7) is 2.86. The van der Waals surface area contributed by atoms with Gasteiger partial charge in [0.15, 0.2) is 0 Å². The normalized spacial score (nSPS) is 10.8. The number of hydrogen-bond acceptors (Lipinski definition) is 3. The monoisotopic (exact) mass is 237 g/mol. The smallest absolute Gasteiger partial charge is 0.0276 e. The Morgan fingerprint density at radius 1 is 1.27 bits per heavy atom. The van der Waals surface area contributed by atoms with E-state index in [-0.39, 0.29) is 0 Å². The Balaban J connectivity index is 2.07. The number of rotatable bonds is 4. The lowest BCUT2D eigenvalue weighted by atomic mass is 10.1. The van der Waals surface area contributed by atoms with Gasteiger partial charge in [0.05, 0.1) is 0 Å². The molecule has 0 fully saturated rings. The van der Waals surface area contributed by atoms with Gasteiger partial charge in [-0.2, -0.15) is 0 Å². The first-order valence-corrected chi connectivity index (χ1v) is 6.85. The summed E-state index contributed by atoms with van der Waals surface area (Å²) in [7, 11) is 0. The van der Waals surface area contributed by atoms with Crippen molar-refractivity contribution < 1.29 is 0 Å². The summed E-state index contributed by atoms with van der Waals surface area (Å²) in [5.41, 5.74) is 8.59. The topological polar surface area (TPSA) is 26.0 Å². The van der Waals surface area contributed by atoms with E-state index in [0.29, 0.717) is 6.54 Å². The Morgan fingerprint density at radius 2 is 2.13 bits per heavy atom. The van der Waals surface area contributed by atoms with Crippen LogP contribution in [0.5, 0.6) is 0 Å². The molecule has 0 aromatic carbocycles. The second kappa shape index (κ2) is 4.92. The maximum Gasteiger partial charge on any atom is 0.0276 e. The van der Waals surface area contributed by atoms with Gasteiger partial charge in [0, 0.05) is 16.3 Å². The molecule has 80 valence electrons. The molecular formula is C12H15NS2. The fourth-order valence-corrected chi connectivity index (χ4v) is 3.40. The minimum Gasteiger partial charge on any atom is -0.326 e. The van der Waals surface area contributed by atoms with Crippen molar-refractivity contribution in [3.63, 3.8) is 0 Å². The molecule has 2 N–H and O–H groups in total. The molecule has 0 spiro atoms. The van der Waals surface area contributed by atoms with Gasteiger partial charge in [-0.1, -0.05) is 6.07 Å². The highest BCUT2D eigenvalue weighted by atomic mass is 32.1. The summed E-state index contributed by atoms with van der Waals surface area (Å²) in [5.74, 6) is 0. The van der Waals surface area contributed by atoms with E-state index in [2.05, 4.69) is 29.8 Å². The number of aryl methyl sites for hydroxylation is 2. The first-order valence-electron chi connectivity index (χ1n) is 5.09. The van der Waals surface area contributed by atoms with Gasteiger partial charge in [-0.15, -0.1) is 22.7 Å². The van der Waals surface area contributed by atoms with Gasteiger partial charge in [0.2, 0.25) is 0 Å². The van der Waals surface area contributed by atoms with Gasteiger partial charge in [0.1, 0.15) is 0 Å². The quantitative estimate of drug-likeness (QED) is 0.867. The van der Waals surface area contributed by atoms with Crippen molar-refractivity contribution in [3.05, 3.63) is 43.8 Å². The van der Waals surface area contributed by atoms with Crippen LogP contribution in [-0.2, 0) is 19.4 Å². The summed E-state index contributed by atoms with van der Waals surface area (Å²) < 4.78 is 0. The third-order valence-electron chi connectivity index (χ3n) is 2.58. The Kier molecular flexibility index (Phi) is 3.57. The van der Waals surface area contributed by atoms with Crippen LogP contribution in [0.2, 0.25) is 0 Å². The van der Waals surface area contributed by atoms with Crippen molar-refractivity contribution in [2.24, 2.45) is 5.73 Å². The van der Waals surface area contributed by atoms with Gasteiger partial charge in [-0.05, 0) is 47.7 Å². The van der Waals surface area contributed by atoms with Gasteiger partial charge in [0.25, 0.3) is 0 Å². The molecule has 0 saturated heterocycles. The fourth-order valence-electron chi connectivity index (χ4n) is 1.73. The van der Waals surface area contributed by atoms with E-state index in [1.54, 1.807) is 11.3 Å². The molecule has 15 heavy (non-hydrogen) atoms. The number of thiophene rings is 2. The van der Waals surface area contributed by atoms with Crippen molar-refractivity contribution in [1.29, 1.82) is 0 Å². The average Bonchev–Trinajstić information content (AvgIpc) is 2.84. The van der Waals surface area contributed by atoms with Crippen LogP contribution in [0.15, 0.2) is 22.9 Å². The summed E-state index contributed by atoms with van der Waals surface area (Å²) in [6.07, 6.45) is 2.27. The second-order valence-corrected chi connectivity index (χ2v) is 5.60. The minimum absolute atomic E-state index is 0.679. The van der Waals surface area contributed by atoms with Crippen molar-refractivity contribution in [3.8, 4) is 0 Å². The van der Waals surface area contributed by atoms with Crippen molar-refractivity contribution in [2.45, 2.75) is 26.3 Å². The standard InChI is InChI=1S/C12H15NS2/c1-9-8-15-12(7-13)11(9)5-4-10-3-2-6-14-10/h2-3,6,8H,4-5,7,13H2,1H3. The van der Waals surface area contributed by atoms with Gasteiger partial charge in [-0.3, -0.25) is 0 Å². The van der Waals surface area contributed by atoms with E-state index in [9.17, 15) is 0 Å². The Hall–Kier alpha value is -0.640. The van der Waals surface area contributed by atoms with Crippen LogP contribution in [0.1, 0.15) is 20.9 Å². The molecule has 0 saturated carbocycles. The highest BCUT2D eigenvalue weighted by Crippen LogP contribution is 2.24. The molecule has 2 aromatic rings. The van der Waals surface area contributed by atoms with Crippen molar-refractivity contribution >= 4 is 22.7 Å². The molecule has 1 nitrogen and oxygen atoms in total. The van der Waals surface area contributed by atoms with Crippen LogP contribution < -0.4 is 5.73 Å². The van der Waals surface area contributed by atoms with Gasteiger partial charge in [-0.25, -0.2) is 0 Å². The molecular weight excluding hydrogens is 222 g/mol. The van der Waals surface area contributed by atoms with Gasteiger partial charge < -0.3 is 5.73 Å². The highest BCUT2D eigenvalue weighted by Gasteiger charge is 2.07. The maximum absolute atomic E-state index is 5.73. The summed E-state index contributed by atoms with van der Waals surface area (Å²) in [5, 5.41) is 4.35. The third kappa shape index (κ3) is 2.48. The minimum atomic E-state index is 0.679. The third-order valence-corrected chi connectivity index (χ3v) is 4.68. The molecule has 3 heteroatoms. The first kappa shape index (κ1) is 10.9. The van der Waals surface area contributed by atoms with E-state index >= 15 is 0 Å². The molecule has 2 rings (SSSR count). The van der Waals surface area contributed by atoms with E-state index < -0.39 is 0 Å². The van der Waals surface area contributed by atoms with Crippen molar-refractivity contribution in [2.75, 3.05) is 0 Å². The predicted molar refractivity (Wildman–Crippen MR) is 68.7 cm³/mol. The van der Waals surface area contributed by atoms with Crippen LogP contribution in [0.3, 0.4) is 0 Å². The summed E-state index contributed by atoms with van der Waals surface area (Å²) >= 11 is 3.63. The predicted octanol–water partition coefficient (Wildman–Crippen LogP) is 3.36. The SMILES string of the molecule is Cc1csc(CN)c1CCc1cccs1. The molecule has 0 aliphatic heterocycles. The molecule has 2 aromatic heterocycles.